The van der Waals surface area contributed by atoms with Crippen molar-refractivity contribution in [2.45, 2.75) is 11.3 Å². The van der Waals surface area contributed by atoms with Crippen molar-refractivity contribution in [2.24, 2.45) is 5.14 Å². The summed E-state index contributed by atoms with van der Waals surface area (Å²) in [5.41, 5.74) is 3.29. The monoisotopic (exact) mass is 370 g/mol. The number of amides is 1. The van der Waals surface area contributed by atoms with Crippen LogP contribution in [0.15, 0.2) is 65.8 Å². The van der Waals surface area contributed by atoms with Crippen molar-refractivity contribution >= 4 is 15.9 Å². The zero-order valence-electron chi connectivity index (χ0n) is 13.8. The van der Waals surface area contributed by atoms with E-state index in [1.54, 1.807) is 36.7 Å². The number of aromatic nitrogens is 2. The van der Waals surface area contributed by atoms with Gasteiger partial charge in [0.25, 0.3) is 5.91 Å². The van der Waals surface area contributed by atoms with Crippen LogP contribution >= 0.6 is 0 Å². The van der Waals surface area contributed by atoms with E-state index in [9.17, 15) is 13.2 Å². The number of nitrogens with two attached hydrogens (primary N) is 1. The number of rotatable bonds is 6. The second-order valence-electron chi connectivity index (χ2n) is 5.76. The predicted molar refractivity (Wildman–Crippen MR) is 97.9 cm³/mol. The van der Waals surface area contributed by atoms with Gasteiger partial charge < -0.3 is 5.32 Å². The lowest BCUT2D eigenvalue weighted by molar-refractivity contribution is 0.0954. The van der Waals surface area contributed by atoms with Gasteiger partial charge >= 0.3 is 0 Å². The predicted octanol–water partition coefficient (Wildman–Crippen LogP) is 1.70. The van der Waals surface area contributed by atoms with Crippen molar-refractivity contribution in [3.8, 4) is 11.1 Å². The van der Waals surface area contributed by atoms with Gasteiger partial charge in [0.15, 0.2) is 0 Å². The molecule has 8 heteroatoms. The van der Waals surface area contributed by atoms with Crippen LogP contribution < -0.4 is 10.5 Å². The molecule has 1 heterocycles. The topological polar surface area (TPSA) is 118 Å². The number of benzene rings is 2. The molecule has 0 aliphatic heterocycles. The highest BCUT2D eigenvalue weighted by molar-refractivity contribution is 7.89. The molecule has 1 aromatic heterocycles. The van der Waals surface area contributed by atoms with E-state index in [2.05, 4.69) is 15.5 Å². The van der Waals surface area contributed by atoms with Crippen molar-refractivity contribution in [2.75, 3.05) is 6.54 Å². The minimum absolute atomic E-state index is 0.0707. The van der Waals surface area contributed by atoms with E-state index in [-0.39, 0.29) is 10.8 Å². The van der Waals surface area contributed by atoms with Gasteiger partial charge in [0.05, 0.1) is 11.1 Å². The standard InChI is InChI=1S/C18H18N4O3S/c19-26(24,25)17-6-4-13(5-7-17)8-9-20-18(23)15-3-1-2-14(10-15)16-11-21-22-12-16/h1-7,10-12H,8-9H2,(H,20,23)(H,21,22)(H2,19,24,25). The number of primary sulfonamides is 1. The molecule has 7 nitrogen and oxygen atoms in total. The van der Waals surface area contributed by atoms with E-state index in [1.807, 2.05) is 12.1 Å². The van der Waals surface area contributed by atoms with Gasteiger partial charge in [0.1, 0.15) is 0 Å². The third kappa shape index (κ3) is 4.35. The molecule has 0 saturated carbocycles. The number of nitrogens with zero attached hydrogens (tertiary/aromatic N) is 1. The lowest BCUT2D eigenvalue weighted by atomic mass is 10.1. The summed E-state index contributed by atoms with van der Waals surface area (Å²) in [4.78, 5) is 12.4. The van der Waals surface area contributed by atoms with Crippen molar-refractivity contribution in [1.82, 2.24) is 15.5 Å². The molecule has 0 bridgehead atoms. The molecule has 26 heavy (non-hydrogen) atoms. The molecular formula is C18H18N4O3S. The number of sulfonamides is 1. The maximum absolute atomic E-state index is 12.3. The van der Waals surface area contributed by atoms with E-state index in [0.29, 0.717) is 18.5 Å². The molecule has 0 radical (unpaired) electrons. The van der Waals surface area contributed by atoms with E-state index >= 15 is 0 Å². The van der Waals surface area contributed by atoms with Gasteiger partial charge in [-0.1, -0.05) is 24.3 Å². The van der Waals surface area contributed by atoms with Crippen molar-refractivity contribution in [3.05, 3.63) is 72.1 Å². The number of carbonyl (C=O) groups excluding carboxylic acids is 1. The van der Waals surface area contributed by atoms with Gasteiger partial charge in [0, 0.05) is 23.9 Å². The van der Waals surface area contributed by atoms with Crippen LogP contribution in [0.4, 0.5) is 0 Å². The van der Waals surface area contributed by atoms with Crippen molar-refractivity contribution in [1.29, 1.82) is 0 Å². The first-order valence-electron chi connectivity index (χ1n) is 7.92. The molecular weight excluding hydrogens is 352 g/mol. The fraction of sp³-hybridized carbons (Fsp3) is 0.111. The van der Waals surface area contributed by atoms with E-state index in [1.165, 1.54) is 12.1 Å². The molecule has 134 valence electrons. The molecule has 1 amide bonds. The number of carbonyl (C=O) groups is 1. The van der Waals surface area contributed by atoms with Crippen molar-refractivity contribution in [3.63, 3.8) is 0 Å². The zero-order valence-corrected chi connectivity index (χ0v) is 14.7. The molecule has 0 spiro atoms. The number of aromatic amines is 1. The van der Waals surface area contributed by atoms with Gasteiger partial charge in [-0.15, -0.1) is 0 Å². The van der Waals surface area contributed by atoms with Crippen LogP contribution in [-0.2, 0) is 16.4 Å². The summed E-state index contributed by atoms with van der Waals surface area (Å²) in [5.74, 6) is -0.170. The van der Waals surface area contributed by atoms with Crippen LogP contribution in [-0.4, -0.2) is 31.1 Å². The maximum atomic E-state index is 12.3. The van der Waals surface area contributed by atoms with Crippen LogP contribution in [0, 0.1) is 0 Å². The smallest absolute Gasteiger partial charge is 0.251 e. The highest BCUT2D eigenvalue weighted by atomic mass is 32.2. The highest BCUT2D eigenvalue weighted by Gasteiger charge is 2.09. The molecule has 2 aromatic carbocycles. The van der Waals surface area contributed by atoms with Gasteiger partial charge in [-0.25, -0.2) is 13.6 Å². The molecule has 0 saturated heterocycles. The van der Waals surface area contributed by atoms with Crippen LogP contribution in [0.2, 0.25) is 0 Å². The Labute approximate surface area is 151 Å². The Hall–Kier alpha value is -2.97. The van der Waals surface area contributed by atoms with Crippen LogP contribution in [0.1, 0.15) is 15.9 Å². The minimum atomic E-state index is -3.69. The van der Waals surface area contributed by atoms with E-state index in [0.717, 1.165) is 16.7 Å². The van der Waals surface area contributed by atoms with Crippen LogP contribution in [0.3, 0.4) is 0 Å². The quantitative estimate of drug-likeness (QED) is 0.612. The van der Waals surface area contributed by atoms with E-state index in [4.69, 9.17) is 5.14 Å². The lowest BCUT2D eigenvalue weighted by Crippen LogP contribution is -2.25. The Kier molecular flexibility index (Phi) is 5.15. The third-order valence-corrected chi connectivity index (χ3v) is 4.84. The molecule has 3 aromatic rings. The normalized spacial score (nSPS) is 11.3. The van der Waals surface area contributed by atoms with Gasteiger partial charge in [-0.2, -0.15) is 5.10 Å². The number of hydrogen-bond acceptors (Lipinski definition) is 4. The maximum Gasteiger partial charge on any atom is 0.251 e. The summed E-state index contributed by atoms with van der Waals surface area (Å²) >= 11 is 0. The Morgan fingerprint density at radius 1 is 1.12 bits per heavy atom. The average molecular weight is 370 g/mol. The first-order valence-corrected chi connectivity index (χ1v) is 9.47. The summed E-state index contributed by atoms with van der Waals surface area (Å²) in [6, 6.07) is 13.6. The van der Waals surface area contributed by atoms with E-state index < -0.39 is 10.0 Å². The summed E-state index contributed by atoms with van der Waals surface area (Å²) < 4.78 is 22.5. The minimum Gasteiger partial charge on any atom is -0.352 e. The fourth-order valence-corrected chi connectivity index (χ4v) is 3.03. The molecule has 0 atom stereocenters. The molecule has 0 unspecified atom stereocenters. The fourth-order valence-electron chi connectivity index (χ4n) is 2.52. The first kappa shape index (κ1) is 17.8. The molecule has 0 fully saturated rings. The number of H-pyrrole nitrogens is 1. The van der Waals surface area contributed by atoms with Gasteiger partial charge in [-0.05, 0) is 41.8 Å². The molecule has 4 N–H and O–H groups in total. The Bertz CT molecular complexity index is 997. The largest absolute Gasteiger partial charge is 0.352 e. The Balaban J connectivity index is 1.58. The second kappa shape index (κ2) is 7.51. The third-order valence-electron chi connectivity index (χ3n) is 3.91. The summed E-state index contributed by atoms with van der Waals surface area (Å²) in [5, 5.41) is 14.6. The average Bonchev–Trinajstić information content (AvgIpc) is 3.16. The SMILES string of the molecule is NS(=O)(=O)c1ccc(CCNC(=O)c2cccc(-c3cn[nH]c3)c2)cc1. The highest BCUT2D eigenvalue weighted by Crippen LogP contribution is 2.18. The number of hydrogen-bond donors (Lipinski definition) is 3. The van der Waals surface area contributed by atoms with Crippen molar-refractivity contribution < 1.29 is 13.2 Å². The first-order chi connectivity index (χ1) is 12.4. The summed E-state index contributed by atoms with van der Waals surface area (Å²) in [6.45, 7) is 0.434. The molecule has 3 rings (SSSR count). The number of nitrogens with one attached hydrogen (secondary N) is 2. The van der Waals surface area contributed by atoms with Gasteiger partial charge in [0.2, 0.25) is 10.0 Å². The zero-order chi connectivity index (χ0) is 18.6. The van der Waals surface area contributed by atoms with Gasteiger partial charge in [-0.3, -0.25) is 9.89 Å². The van der Waals surface area contributed by atoms with Crippen LogP contribution in [0.25, 0.3) is 11.1 Å². The Morgan fingerprint density at radius 3 is 2.54 bits per heavy atom. The summed E-state index contributed by atoms with van der Waals surface area (Å²) in [7, 11) is -3.69. The molecule has 0 aliphatic carbocycles. The van der Waals surface area contributed by atoms with Crippen LogP contribution in [0.5, 0.6) is 0 Å². The summed E-state index contributed by atoms with van der Waals surface area (Å²) in [6.07, 6.45) is 4.04. The second-order valence-corrected chi connectivity index (χ2v) is 7.32. The lowest BCUT2D eigenvalue weighted by Gasteiger charge is -2.07. The Morgan fingerprint density at radius 2 is 1.88 bits per heavy atom. The molecule has 0 aliphatic rings.